The first-order chi connectivity index (χ1) is 6.63. The molecule has 1 aromatic heterocycles. The molecule has 1 aromatic rings. The molecule has 0 saturated carbocycles. The molecule has 3 N–H and O–H groups in total. The number of carboxylic acids is 1. The van der Waals surface area contributed by atoms with E-state index < -0.39 is 12.0 Å². The van der Waals surface area contributed by atoms with Crippen LogP contribution in [0.5, 0.6) is 0 Å². The van der Waals surface area contributed by atoms with Gasteiger partial charge in [-0.25, -0.2) is 4.98 Å². The molecule has 0 fully saturated rings. The summed E-state index contributed by atoms with van der Waals surface area (Å²) in [5.41, 5.74) is 6.49. The smallest absolute Gasteiger partial charge is 0.305 e. The molecule has 0 aliphatic rings. The van der Waals surface area contributed by atoms with Crippen LogP contribution >= 0.6 is 0 Å². The van der Waals surface area contributed by atoms with Crippen LogP contribution < -0.4 is 5.73 Å². The van der Waals surface area contributed by atoms with Crippen molar-refractivity contribution in [1.29, 1.82) is 5.26 Å². The maximum atomic E-state index is 10.4. The molecule has 0 aromatic carbocycles. The predicted molar refractivity (Wildman–Crippen MR) is 48.1 cm³/mol. The van der Waals surface area contributed by atoms with Crippen molar-refractivity contribution in [3.8, 4) is 6.07 Å². The normalized spacial score (nSPS) is 11.7. The first-order valence-electron chi connectivity index (χ1n) is 3.97. The van der Waals surface area contributed by atoms with E-state index in [9.17, 15) is 4.79 Å². The van der Waals surface area contributed by atoms with Gasteiger partial charge >= 0.3 is 5.97 Å². The number of pyridine rings is 1. The molecule has 0 radical (unpaired) electrons. The summed E-state index contributed by atoms with van der Waals surface area (Å²) < 4.78 is 0. The fourth-order valence-electron chi connectivity index (χ4n) is 0.997. The van der Waals surface area contributed by atoms with Crippen LogP contribution in [0.3, 0.4) is 0 Å². The molecule has 1 atom stereocenters. The summed E-state index contributed by atoms with van der Waals surface area (Å²) >= 11 is 0. The number of nitriles is 1. The first kappa shape index (κ1) is 10.2. The molecule has 0 saturated heterocycles. The highest BCUT2D eigenvalue weighted by atomic mass is 16.4. The number of aliphatic carboxylic acids is 1. The molecule has 0 aliphatic carbocycles. The Kier molecular flexibility index (Phi) is 3.15. The van der Waals surface area contributed by atoms with Gasteiger partial charge in [-0.15, -0.1) is 0 Å². The van der Waals surface area contributed by atoms with Gasteiger partial charge in [-0.1, -0.05) is 6.07 Å². The molecule has 5 nitrogen and oxygen atoms in total. The highest BCUT2D eigenvalue weighted by Crippen LogP contribution is 2.12. The van der Waals surface area contributed by atoms with Gasteiger partial charge < -0.3 is 10.8 Å². The summed E-state index contributed by atoms with van der Waals surface area (Å²) in [5, 5.41) is 17.0. The summed E-state index contributed by atoms with van der Waals surface area (Å²) in [6.07, 6.45) is 1.28. The Labute approximate surface area is 80.8 Å². The Hall–Kier alpha value is -1.93. The van der Waals surface area contributed by atoms with Crippen molar-refractivity contribution in [3.05, 3.63) is 29.6 Å². The maximum Gasteiger partial charge on any atom is 0.305 e. The van der Waals surface area contributed by atoms with Crippen molar-refractivity contribution in [1.82, 2.24) is 4.98 Å². The van der Waals surface area contributed by atoms with Crippen LogP contribution in [0, 0.1) is 11.3 Å². The van der Waals surface area contributed by atoms with E-state index >= 15 is 0 Å². The highest BCUT2D eigenvalue weighted by Gasteiger charge is 2.10. The fraction of sp³-hybridized carbons (Fsp3) is 0.222. The topological polar surface area (TPSA) is 100 Å². The quantitative estimate of drug-likeness (QED) is 0.721. The number of nitrogens with two attached hydrogens (primary N) is 1. The SMILES string of the molecule is N#Cc1ccc(C(N)CC(=O)O)cn1. The van der Waals surface area contributed by atoms with Gasteiger partial charge in [0.1, 0.15) is 11.8 Å². The van der Waals surface area contributed by atoms with Crippen LogP contribution in [-0.2, 0) is 4.79 Å². The van der Waals surface area contributed by atoms with E-state index in [1.165, 1.54) is 12.3 Å². The van der Waals surface area contributed by atoms with E-state index in [4.69, 9.17) is 16.1 Å². The van der Waals surface area contributed by atoms with Crippen LogP contribution in [0.25, 0.3) is 0 Å². The average molecular weight is 191 g/mol. The van der Waals surface area contributed by atoms with Crippen LogP contribution in [0.1, 0.15) is 23.7 Å². The van der Waals surface area contributed by atoms with Crippen LogP contribution in [0.4, 0.5) is 0 Å². The van der Waals surface area contributed by atoms with E-state index in [1.807, 2.05) is 6.07 Å². The van der Waals surface area contributed by atoms with Crippen molar-refractivity contribution in [3.63, 3.8) is 0 Å². The standard InChI is InChI=1S/C9H9N3O2/c10-4-7-2-1-6(5-12-7)8(11)3-9(13)14/h1-2,5,8H,3,11H2,(H,13,14). The lowest BCUT2D eigenvalue weighted by molar-refractivity contribution is -0.137. The van der Waals surface area contributed by atoms with Crippen LogP contribution in [0.2, 0.25) is 0 Å². The van der Waals surface area contributed by atoms with Gasteiger partial charge in [0.05, 0.1) is 6.42 Å². The first-order valence-corrected chi connectivity index (χ1v) is 3.97. The number of carbonyl (C=O) groups is 1. The minimum Gasteiger partial charge on any atom is -0.481 e. The number of carboxylic acid groups (broad SMARTS) is 1. The second kappa shape index (κ2) is 4.35. The van der Waals surface area contributed by atoms with E-state index in [1.54, 1.807) is 6.07 Å². The number of hydrogen-bond acceptors (Lipinski definition) is 4. The molecule has 0 aliphatic heterocycles. The van der Waals surface area contributed by atoms with E-state index in [-0.39, 0.29) is 12.1 Å². The molecule has 5 heteroatoms. The molecule has 14 heavy (non-hydrogen) atoms. The number of hydrogen-bond donors (Lipinski definition) is 2. The fourth-order valence-corrected chi connectivity index (χ4v) is 0.997. The van der Waals surface area contributed by atoms with Gasteiger partial charge in [0.25, 0.3) is 0 Å². The van der Waals surface area contributed by atoms with Crippen molar-refractivity contribution in [2.24, 2.45) is 5.73 Å². The average Bonchev–Trinajstić information content (AvgIpc) is 2.17. The Bertz CT molecular complexity index is 367. The molecule has 1 unspecified atom stereocenters. The summed E-state index contributed by atoms with van der Waals surface area (Å²) in [5.74, 6) is -0.957. The van der Waals surface area contributed by atoms with Crippen molar-refractivity contribution in [2.75, 3.05) is 0 Å². The van der Waals surface area contributed by atoms with Gasteiger partial charge in [0, 0.05) is 12.2 Å². The maximum absolute atomic E-state index is 10.4. The Morgan fingerprint density at radius 3 is 2.86 bits per heavy atom. The second-order valence-electron chi connectivity index (χ2n) is 2.79. The summed E-state index contributed by atoms with van der Waals surface area (Å²) in [4.78, 5) is 14.1. The predicted octanol–water partition coefficient (Wildman–Crippen LogP) is 0.428. The zero-order valence-corrected chi connectivity index (χ0v) is 7.34. The summed E-state index contributed by atoms with van der Waals surface area (Å²) in [6, 6.07) is 4.41. The number of rotatable bonds is 3. The van der Waals surface area contributed by atoms with Crippen LogP contribution in [-0.4, -0.2) is 16.1 Å². The van der Waals surface area contributed by atoms with Crippen molar-refractivity contribution < 1.29 is 9.90 Å². The largest absolute Gasteiger partial charge is 0.481 e. The van der Waals surface area contributed by atoms with Gasteiger partial charge in [0.2, 0.25) is 0 Å². The summed E-state index contributed by atoms with van der Waals surface area (Å²) in [6.45, 7) is 0. The Morgan fingerprint density at radius 1 is 1.71 bits per heavy atom. The molecule has 0 amide bonds. The minimum absolute atomic E-state index is 0.145. The van der Waals surface area contributed by atoms with Gasteiger partial charge in [0.15, 0.2) is 0 Å². The van der Waals surface area contributed by atoms with Gasteiger partial charge in [-0.2, -0.15) is 5.26 Å². The third-order valence-electron chi connectivity index (χ3n) is 1.72. The monoisotopic (exact) mass is 191 g/mol. The van der Waals surface area contributed by atoms with E-state index in [0.717, 1.165) is 0 Å². The molecule has 1 heterocycles. The van der Waals surface area contributed by atoms with Crippen molar-refractivity contribution in [2.45, 2.75) is 12.5 Å². The third kappa shape index (κ3) is 2.54. The molecular weight excluding hydrogens is 182 g/mol. The van der Waals surface area contributed by atoms with E-state index in [2.05, 4.69) is 4.98 Å². The Balaban J connectivity index is 2.77. The second-order valence-corrected chi connectivity index (χ2v) is 2.79. The lowest BCUT2D eigenvalue weighted by Gasteiger charge is -2.07. The number of aromatic nitrogens is 1. The molecule has 0 bridgehead atoms. The minimum atomic E-state index is -0.957. The lowest BCUT2D eigenvalue weighted by atomic mass is 10.1. The zero-order valence-electron chi connectivity index (χ0n) is 7.34. The highest BCUT2D eigenvalue weighted by molar-refractivity contribution is 5.67. The molecule has 72 valence electrons. The molecular formula is C9H9N3O2. The summed E-state index contributed by atoms with van der Waals surface area (Å²) in [7, 11) is 0. The van der Waals surface area contributed by atoms with Gasteiger partial charge in [-0.05, 0) is 11.6 Å². The lowest BCUT2D eigenvalue weighted by Crippen LogP contribution is -2.15. The third-order valence-corrected chi connectivity index (χ3v) is 1.72. The Morgan fingerprint density at radius 2 is 2.43 bits per heavy atom. The zero-order chi connectivity index (χ0) is 10.6. The van der Waals surface area contributed by atoms with Crippen LogP contribution in [0.15, 0.2) is 18.3 Å². The van der Waals surface area contributed by atoms with E-state index in [0.29, 0.717) is 5.56 Å². The van der Waals surface area contributed by atoms with Gasteiger partial charge in [-0.3, -0.25) is 4.79 Å². The molecule has 0 spiro atoms. The van der Waals surface area contributed by atoms with Crippen molar-refractivity contribution >= 4 is 5.97 Å². The number of nitrogens with zero attached hydrogens (tertiary/aromatic N) is 2. The molecule has 1 rings (SSSR count).